The van der Waals surface area contributed by atoms with Crippen molar-refractivity contribution in [1.29, 1.82) is 0 Å². The summed E-state index contributed by atoms with van der Waals surface area (Å²) in [7, 11) is 0. The molecule has 1 aliphatic heterocycles. The smallest absolute Gasteiger partial charge is 0.277 e. The van der Waals surface area contributed by atoms with Crippen LogP contribution in [0.15, 0.2) is 33.6 Å². The number of rotatable bonds is 4. The van der Waals surface area contributed by atoms with E-state index in [0.29, 0.717) is 35.7 Å². The van der Waals surface area contributed by atoms with Crippen LogP contribution in [0.5, 0.6) is 0 Å². The predicted molar refractivity (Wildman–Crippen MR) is 91.4 cm³/mol. The summed E-state index contributed by atoms with van der Waals surface area (Å²) in [5.41, 5.74) is 0.321. The van der Waals surface area contributed by atoms with Crippen LogP contribution in [0.25, 0.3) is 10.9 Å². The van der Waals surface area contributed by atoms with E-state index in [1.807, 2.05) is 0 Å². The first-order valence-corrected chi connectivity index (χ1v) is 8.52. The molecule has 0 bridgehead atoms. The lowest BCUT2D eigenvalue weighted by molar-refractivity contribution is -0.130. The first kappa shape index (κ1) is 16.4. The van der Waals surface area contributed by atoms with Crippen LogP contribution in [0.2, 0.25) is 0 Å². The molecule has 1 aliphatic rings. The highest BCUT2D eigenvalue weighted by Gasteiger charge is 2.30. The van der Waals surface area contributed by atoms with Crippen molar-refractivity contribution in [2.24, 2.45) is 0 Å². The van der Waals surface area contributed by atoms with Crippen molar-refractivity contribution in [2.45, 2.75) is 32.2 Å². The number of amides is 1. The van der Waals surface area contributed by atoms with Gasteiger partial charge in [-0.15, -0.1) is 5.10 Å². The summed E-state index contributed by atoms with van der Waals surface area (Å²) in [4.78, 5) is 30.9. The monoisotopic (exact) mass is 354 g/mol. The largest absolute Gasteiger partial charge is 0.342 e. The molecular weight excluding hydrogens is 336 g/mol. The van der Waals surface area contributed by atoms with Crippen molar-refractivity contribution >= 4 is 16.8 Å². The van der Waals surface area contributed by atoms with E-state index in [1.54, 1.807) is 36.1 Å². The molecular formula is C17H18N6O3. The van der Waals surface area contributed by atoms with Crippen LogP contribution in [-0.4, -0.2) is 49.0 Å². The van der Waals surface area contributed by atoms with Gasteiger partial charge in [0, 0.05) is 19.5 Å². The molecule has 26 heavy (non-hydrogen) atoms. The third kappa shape index (κ3) is 3.07. The van der Waals surface area contributed by atoms with E-state index in [1.165, 1.54) is 4.68 Å². The zero-order valence-electron chi connectivity index (χ0n) is 14.3. The number of aromatic nitrogens is 5. The minimum absolute atomic E-state index is 0.0226. The zero-order valence-corrected chi connectivity index (χ0v) is 14.3. The van der Waals surface area contributed by atoms with Crippen LogP contribution >= 0.6 is 0 Å². The van der Waals surface area contributed by atoms with Gasteiger partial charge in [-0.2, -0.15) is 4.98 Å². The van der Waals surface area contributed by atoms with Crippen molar-refractivity contribution in [2.75, 3.05) is 13.1 Å². The minimum atomic E-state index is -0.232. The van der Waals surface area contributed by atoms with Gasteiger partial charge >= 0.3 is 0 Å². The number of likely N-dealkylation sites (tertiary alicyclic amines) is 1. The lowest BCUT2D eigenvalue weighted by Gasteiger charge is -2.15. The second kappa shape index (κ2) is 6.66. The molecule has 4 rings (SSSR count). The maximum absolute atomic E-state index is 12.5. The first-order chi connectivity index (χ1) is 12.6. The first-order valence-electron chi connectivity index (χ1n) is 8.52. The molecule has 1 fully saturated rings. The van der Waals surface area contributed by atoms with E-state index in [9.17, 15) is 9.59 Å². The number of hydrogen-bond donors (Lipinski definition) is 0. The van der Waals surface area contributed by atoms with E-state index in [-0.39, 0.29) is 30.3 Å². The number of aryl methyl sites for hydroxylation is 2. The third-order valence-electron chi connectivity index (χ3n) is 4.60. The molecule has 3 aromatic rings. The SMILES string of the molecule is Cc1noc(C2CCN(C(=O)CCn3nnc4ccccc4c3=O)C2)n1. The topological polar surface area (TPSA) is 107 Å². The van der Waals surface area contributed by atoms with Gasteiger partial charge in [-0.3, -0.25) is 9.59 Å². The van der Waals surface area contributed by atoms with Gasteiger partial charge in [-0.05, 0) is 25.5 Å². The Hall–Kier alpha value is -3.10. The van der Waals surface area contributed by atoms with E-state index >= 15 is 0 Å². The minimum Gasteiger partial charge on any atom is -0.342 e. The van der Waals surface area contributed by atoms with Gasteiger partial charge in [-0.1, -0.05) is 22.5 Å². The highest BCUT2D eigenvalue weighted by Crippen LogP contribution is 2.26. The second-order valence-electron chi connectivity index (χ2n) is 6.39. The molecule has 1 atom stereocenters. The fourth-order valence-electron chi connectivity index (χ4n) is 3.20. The molecule has 1 saturated heterocycles. The quantitative estimate of drug-likeness (QED) is 0.685. The maximum atomic E-state index is 12.5. The molecule has 0 saturated carbocycles. The number of carbonyl (C=O) groups excluding carboxylic acids is 1. The Morgan fingerprint density at radius 3 is 3.00 bits per heavy atom. The van der Waals surface area contributed by atoms with Gasteiger partial charge in [0.15, 0.2) is 5.82 Å². The molecule has 9 heteroatoms. The highest BCUT2D eigenvalue weighted by atomic mass is 16.5. The summed E-state index contributed by atoms with van der Waals surface area (Å²) in [6.45, 7) is 3.17. The second-order valence-corrected chi connectivity index (χ2v) is 6.39. The Morgan fingerprint density at radius 2 is 2.19 bits per heavy atom. The Balaban J connectivity index is 1.40. The molecule has 0 aliphatic carbocycles. The average Bonchev–Trinajstić information content (AvgIpc) is 3.30. The molecule has 0 radical (unpaired) electrons. The summed E-state index contributed by atoms with van der Waals surface area (Å²) < 4.78 is 6.44. The molecule has 0 N–H and O–H groups in total. The van der Waals surface area contributed by atoms with Crippen LogP contribution < -0.4 is 5.56 Å². The number of nitrogens with zero attached hydrogens (tertiary/aromatic N) is 6. The summed E-state index contributed by atoms with van der Waals surface area (Å²) in [6.07, 6.45) is 0.992. The summed E-state index contributed by atoms with van der Waals surface area (Å²) >= 11 is 0. The van der Waals surface area contributed by atoms with Gasteiger partial charge in [0.25, 0.3) is 5.56 Å². The standard InChI is InChI=1S/C17H18N6O3/c1-11-18-16(26-20-11)12-6-8-22(10-12)15(24)7-9-23-17(25)13-4-2-3-5-14(13)19-21-23/h2-5,12H,6-10H2,1H3. The normalized spacial score (nSPS) is 17.1. The van der Waals surface area contributed by atoms with Crippen molar-refractivity contribution in [1.82, 2.24) is 30.0 Å². The fraction of sp³-hybridized carbons (Fsp3) is 0.412. The zero-order chi connectivity index (χ0) is 18.1. The lowest BCUT2D eigenvalue weighted by atomic mass is 10.1. The van der Waals surface area contributed by atoms with Crippen molar-refractivity contribution < 1.29 is 9.32 Å². The molecule has 1 aromatic carbocycles. The Labute approximate surface area is 148 Å². The van der Waals surface area contributed by atoms with Gasteiger partial charge in [0.2, 0.25) is 11.8 Å². The van der Waals surface area contributed by atoms with E-state index in [0.717, 1.165) is 6.42 Å². The van der Waals surface area contributed by atoms with E-state index in [4.69, 9.17) is 4.52 Å². The summed E-state index contributed by atoms with van der Waals surface area (Å²) in [5, 5.41) is 12.3. The van der Waals surface area contributed by atoms with Gasteiger partial charge in [-0.25, -0.2) is 4.68 Å². The Bertz CT molecular complexity index is 1010. The van der Waals surface area contributed by atoms with Crippen LogP contribution in [0.1, 0.15) is 30.5 Å². The number of hydrogen-bond acceptors (Lipinski definition) is 7. The summed E-state index contributed by atoms with van der Waals surface area (Å²) in [5.74, 6) is 1.22. The van der Waals surface area contributed by atoms with E-state index < -0.39 is 0 Å². The van der Waals surface area contributed by atoms with Gasteiger partial charge < -0.3 is 9.42 Å². The predicted octanol–water partition coefficient (Wildman–Crippen LogP) is 0.889. The third-order valence-corrected chi connectivity index (χ3v) is 4.60. The van der Waals surface area contributed by atoms with Gasteiger partial charge in [0.1, 0.15) is 5.52 Å². The molecule has 1 amide bonds. The summed E-state index contributed by atoms with van der Waals surface area (Å²) in [6, 6.07) is 7.04. The van der Waals surface area contributed by atoms with Crippen LogP contribution in [0, 0.1) is 6.92 Å². The maximum Gasteiger partial charge on any atom is 0.277 e. The van der Waals surface area contributed by atoms with Crippen molar-refractivity contribution in [3.8, 4) is 0 Å². The van der Waals surface area contributed by atoms with Crippen LogP contribution in [0.4, 0.5) is 0 Å². The average molecular weight is 354 g/mol. The Kier molecular flexibility index (Phi) is 4.19. The molecule has 9 nitrogen and oxygen atoms in total. The lowest BCUT2D eigenvalue weighted by Crippen LogP contribution is -2.31. The number of fused-ring (bicyclic) bond motifs is 1. The molecule has 0 spiro atoms. The van der Waals surface area contributed by atoms with E-state index in [2.05, 4.69) is 20.5 Å². The molecule has 134 valence electrons. The van der Waals surface area contributed by atoms with Crippen LogP contribution in [0.3, 0.4) is 0 Å². The van der Waals surface area contributed by atoms with Crippen molar-refractivity contribution in [3.05, 3.63) is 46.3 Å². The van der Waals surface area contributed by atoms with Crippen LogP contribution in [-0.2, 0) is 11.3 Å². The molecule has 3 heterocycles. The Morgan fingerprint density at radius 1 is 1.35 bits per heavy atom. The molecule has 2 aromatic heterocycles. The fourth-order valence-corrected chi connectivity index (χ4v) is 3.20. The highest BCUT2D eigenvalue weighted by molar-refractivity contribution is 5.77. The number of benzene rings is 1. The van der Waals surface area contributed by atoms with Gasteiger partial charge in [0.05, 0.1) is 17.8 Å². The molecule has 1 unspecified atom stereocenters. The van der Waals surface area contributed by atoms with Crippen molar-refractivity contribution in [3.63, 3.8) is 0 Å². The number of carbonyl (C=O) groups is 1.